The van der Waals surface area contributed by atoms with Crippen LogP contribution in [0, 0.1) is 0 Å². The number of benzene rings is 1. The van der Waals surface area contributed by atoms with Crippen molar-refractivity contribution in [3.8, 4) is 0 Å². The molecule has 1 saturated heterocycles. The minimum atomic E-state index is -3.62. The van der Waals surface area contributed by atoms with Crippen molar-refractivity contribution < 1.29 is 17.9 Å². The Morgan fingerprint density at radius 3 is 2.82 bits per heavy atom. The van der Waals surface area contributed by atoms with Gasteiger partial charge in [0.15, 0.2) is 9.84 Å². The quantitative estimate of drug-likeness (QED) is 0.855. The third-order valence-electron chi connectivity index (χ3n) is 3.75. The van der Waals surface area contributed by atoms with E-state index in [2.05, 4.69) is 5.32 Å². The zero-order chi connectivity index (χ0) is 16.2. The molecule has 5 nitrogen and oxygen atoms in total. The van der Waals surface area contributed by atoms with Crippen LogP contribution in [0.3, 0.4) is 0 Å². The molecule has 0 unspecified atom stereocenters. The van der Waals surface area contributed by atoms with Crippen LogP contribution in [0.15, 0.2) is 24.3 Å². The van der Waals surface area contributed by atoms with E-state index in [-0.39, 0.29) is 11.9 Å². The summed E-state index contributed by atoms with van der Waals surface area (Å²) in [6.45, 7) is 2.45. The maximum Gasteiger partial charge on any atom is 0.238 e. The van der Waals surface area contributed by atoms with Crippen molar-refractivity contribution in [3.05, 3.63) is 34.9 Å². The number of hydrogen-bond acceptors (Lipinski definition) is 4. The molecular weight excluding hydrogens is 326 g/mol. The van der Waals surface area contributed by atoms with E-state index < -0.39 is 21.0 Å². The van der Waals surface area contributed by atoms with E-state index in [4.69, 9.17) is 16.3 Å². The van der Waals surface area contributed by atoms with Gasteiger partial charge in [-0.3, -0.25) is 4.79 Å². The Kier molecular flexibility index (Phi) is 5.83. The number of amides is 1. The lowest BCUT2D eigenvalue weighted by atomic mass is 10.2. The molecule has 1 heterocycles. The third kappa shape index (κ3) is 4.44. The van der Waals surface area contributed by atoms with Gasteiger partial charge in [0.2, 0.25) is 5.91 Å². The van der Waals surface area contributed by atoms with E-state index in [0.29, 0.717) is 23.7 Å². The summed E-state index contributed by atoms with van der Waals surface area (Å²) in [4.78, 5) is 12.0. The summed E-state index contributed by atoms with van der Waals surface area (Å²) in [5.41, 5.74) is 0.503. The Hall–Kier alpha value is -1.11. The van der Waals surface area contributed by atoms with E-state index in [1.165, 1.54) is 6.92 Å². The molecule has 0 aromatic heterocycles. The van der Waals surface area contributed by atoms with E-state index in [9.17, 15) is 13.2 Å². The van der Waals surface area contributed by atoms with Crippen LogP contribution in [0.1, 0.15) is 25.3 Å². The predicted molar refractivity (Wildman–Crippen MR) is 85.5 cm³/mol. The summed E-state index contributed by atoms with van der Waals surface area (Å²) in [5.74, 6) is -0.746. The molecule has 0 bridgehead atoms. The minimum Gasteiger partial charge on any atom is -0.376 e. The van der Waals surface area contributed by atoms with Crippen LogP contribution < -0.4 is 5.32 Å². The first-order chi connectivity index (χ1) is 10.4. The van der Waals surface area contributed by atoms with E-state index in [1.807, 2.05) is 0 Å². The molecule has 1 aromatic rings. The predicted octanol–water partition coefficient (Wildman–Crippen LogP) is 1.94. The standard InChI is InChI=1S/C15H20ClNO4S/c1-11(15(18)17-9-13-6-4-8-21-13)22(19,20)10-12-5-2-3-7-14(12)16/h2-3,5,7,11,13H,4,6,8-10H2,1H3,(H,17,18)/t11-,13+/m0/s1. The molecule has 0 spiro atoms. The van der Waals surface area contributed by atoms with Crippen molar-refractivity contribution >= 4 is 27.3 Å². The summed E-state index contributed by atoms with van der Waals surface area (Å²) in [5, 5.41) is 1.92. The second-order valence-electron chi connectivity index (χ2n) is 5.42. The average Bonchev–Trinajstić information content (AvgIpc) is 2.99. The number of halogens is 1. The van der Waals surface area contributed by atoms with Gasteiger partial charge in [-0.05, 0) is 31.4 Å². The Morgan fingerprint density at radius 1 is 1.45 bits per heavy atom. The molecule has 2 rings (SSSR count). The molecule has 1 fully saturated rings. The molecule has 0 aliphatic carbocycles. The Balaban J connectivity index is 1.95. The van der Waals surface area contributed by atoms with Crippen LogP contribution >= 0.6 is 11.6 Å². The number of carbonyl (C=O) groups is 1. The van der Waals surface area contributed by atoms with Gasteiger partial charge in [0.1, 0.15) is 5.25 Å². The molecule has 1 aliphatic heterocycles. The van der Waals surface area contributed by atoms with Gasteiger partial charge in [0.25, 0.3) is 0 Å². The number of hydrogen-bond donors (Lipinski definition) is 1. The zero-order valence-electron chi connectivity index (χ0n) is 12.4. The molecule has 0 radical (unpaired) electrons. The Labute approximate surface area is 135 Å². The fourth-order valence-electron chi connectivity index (χ4n) is 2.28. The molecule has 1 N–H and O–H groups in total. The molecule has 22 heavy (non-hydrogen) atoms. The van der Waals surface area contributed by atoms with Gasteiger partial charge in [-0.1, -0.05) is 29.8 Å². The third-order valence-corrected chi connectivity index (χ3v) is 6.12. The second-order valence-corrected chi connectivity index (χ2v) is 8.15. The van der Waals surface area contributed by atoms with Crippen LogP contribution in [0.2, 0.25) is 5.02 Å². The number of sulfone groups is 1. The lowest BCUT2D eigenvalue weighted by Gasteiger charge is -2.16. The van der Waals surface area contributed by atoms with Crippen LogP contribution in [-0.4, -0.2) is 38.8 Å². The van der Waals surface area contributed by atoms with Gasteiger partial charge in [0, 0.05) is 18.2 Å². The number of rotatable bonds is 6. The van der Waals surface area contributed by atoms with E-state index >= 15 is 0 Å². The van der Waals surface area contributed by atoms with E-state index in [0.717, 1.165) is 12.8 Å². The smallest absolute Gasteiger partial charge is 0.238 e. The fraction of sp³-hybridized carbons (Fsp3) is 0.533. The molecule has 1 amide bonds. The molecule has 7 heteroatoms. The maximum absolute atomic E-state index is 12.3. The highest BCUT2D eigenvalue weighted by Gasteiger charge is 2.29. The molecule has 1 aromatic carbocycles. The summed E-state index contributed by atoms with van der Waals surface area (Å²) < 4.78 is 30.1. The summed E-state index contributed by atoms with van der Waals surface area (Å²) in [6, 6.07) is 6.74. The highest BCUT2D eigenvalue weighted by Crippen LogP contribution is 2.20. The number of carbonyl (C=O) groups excluding carboxylic acids is 1. The monoisotopic (exact) mass is 345 g/mol. The van der Waals surface area contributed by atoms with Crippen molar-refractivity contribution in [1.29, 1.82) is 0 Å². The highest BCUT2D eigenvalue weighted by atomic mass is 35.5. The van der Waals surface area contributed by atoms with Crippen molar-refractivity contribution in [3.63, 3.8) is 0 Å². The fourth-order valence-corrected chi connectivity index (χ4v) is 3.91. The zero-order valence-corrected chi connectivity index (χ0v) is 14.0. The lowest BCUT2D eigenvalue weighted by molar-refractivity contribution is -0.120. The molecule has 0 saturated carbocycles. The summed E-state index contributed by atoms with van der Waals surface area (Å²) in [7, 11) is -3.62. The summed E-state index contributed by atoms with van der Waals surface area (Å²) >= 11 is 5.98. The van der Waals surface area contributed by atoms with Gasteiger partial charge in [-0.15, -0.1) is 0 Å². The van der Waals surface area contributed by atoms with Gasteiger partial charge in [-0.2, -0.15) is 0 Å². The molecule has 2 atom stereocenters. The van der Waals surface area contributed by atoms with Gasteiger partial charge in [0.05, 0.1) is 11.9 Å². The minimum absolute atomic E-state index is 0.0116. The maximum atomic E-state index is 12.3. The first-order valence-electron chi connectivity index (χ1n) is 7.24. The SMILES string of the molecule is C[C@@H](C(=O)NC[C@H]1CCCO1)S(=O)(=O)Cc1ccccc1Cl. The van der Waals surface area contributed by atoms with Crippen LogP contribution in [0.4, 0.5) is 0 Å². The van der Waals surface area contributed by atoms with Crippen molar-refractivity contribution in [2.45, 2.75) is 36.9 Å². The van der Waals surface area contributed by atoms with Crippen molar-refractivity contribution in [2.75, 3.05) is 13.2 Å². The first kappa shape index (κ1) is 17.2. The topological polar surface area (TPSA) is 72.5 Å². The average molecular weight is 346 g/mol. The van der Waals surface area contributed by atoms with E-state index in [1.54, 1.807) is 24.3 Å². The van der Waals surface area contributed by atoms with Crippen LogP contribution in [0.5, 0.6) is 0 Å². The first-order valence-corrected chi connectivity index (χ1v) is 9.34. The van der Waals surface area contributed by atoms with Gasteiger partial charge in [-0.25, -0.2) is 8.42 Å². The lowest BCUT2D eigenvalue weighted by Crippen LogP contribution is -2.41. The molecular formula is C15H20ClNO4S. The van der Waals surface area contributed by atoms with Gasteiger partial charge < -0.3 is 10.1 Å². The number of nitrogens with one attached hydrogen (secondary N) is 1. The van der Waals surface area contributed by atoms with Crippen molar-refractivity contribution in [2.24, 2.45) is 0 Å². The van der Waals surface area contributed by atoms with Crippen LogP contribution in [-0.2, 0) is 25.1 Å². The number of ether oxygens (including phenoxy) is 1. The highest BCUT2D eigenvalue weighted by molar-refractivity contribution is 7.92. The second kappa shape index (κ2) is 7.44. The molecule has 1 aliphatic rings. The summed E-state index contributed by atoms with van der Waals surface area (Å²) in [6.07, 6.45) is 1.85. The van der Waals surface area contributed by atoms with Crippen molar-refractivity contribution in [1.82, 2.24) is 5.32 Å². The Morgan fingerprint density at radius 2 is 2.18 bits per heavy atom. The van der Waals surface area contributed by atoms with Crippen LogP contribution in [0.25, 0.3) is 0 Å². The largest absolute Gasteiger partial charge is 0.376 e. The van der Waals surface area contributed by atoms with Gasteiger partial charge >= 0.3 is 0 Å². The molecule has 122 valence electrons. The normalized spacial score (nSPS) is 19.8. The Bertz CT molecular complexity index is 626.